The monoisotopic (exact) mass is 369 g/mol. The highest BCUT2D eigenvalue weighted by atomic mass is 16.5. The van der Waals surface area contributed by atoms with Crippen molar-refractivity contribution in [3.8, 4) is 17.3 Å². The van der Waals surface area contributed by atoms with Crippen molar-refractivity contribution < 1.29 is 14.3 Å². The number of amides is 2. The van der Waals surface area contributed by atoms with Gasteiger partial charge in [-0.05, 0) is 18.2 Å². The molecule has 3 rings (SSSR count). The molecule has 2 amide bonds. The predicted octanol–water partition coefficient (Wildman–Crippen LogP) is 2.28. The first-order valence-corrected chi connectivity index (χ1v) is 8.55. The molecule has 0 spiro atoms. The van der Waals surface area contributed by atoms with Gasteiger partial charge in [-0.2, -0.15) is 0 Å². The second kappa shape index (κ2) is 6.79. The molecule has 27 heavy (non-hydrogen) atoms. The first-order valence-electron chi connectivity index (χ1n) is 8.55. The Morgan fingerprint density at radius 2 is 1.96 bits per heavy atom. The molecule has 0 fully saturated rings. The zero-order chi connectivity index (χ0) is 19.9. The number of anilines is 1. The van der Waals surface area contributed by atoms with Gasteiger partial charge in [-0.1, -0.05) is 13.8 Å². The fourth-order valence-electron chi connectivity index (χ4n) is 3.02. The summed E-state index contributed by atoms with van der Waals surface area (Å²) in [7, 11) is 5.18. The third kappa shape index (κ3) is 3.14. The molecule has 0 atom stereocenters. The maximum absolute atomic E-state index is 11.9. The summed E-state index contributed by atoms with van der Waals surface area (Å²) < 4.78 is 9.11. The number of hydrogen-bond acceptors (Lipinski definition) is 4. The van der Waals surface area contributed by atoms with Crippen LogP contribution in [-0.4, -0.2) is 33.0 Å². The van der Waals surface area contributed by atoms with Crippen LogP contribution in [0, 0.1) is 5.92 Å². The number of carbonyl (C=O) groups is 2. The number of ether oxygens (including phenoxy) is 1. The minimum atomic E-state index is -0.564. The van der Waals surface area contributed by atoms with E-state index in [-0.39, 0.29) is 11.8 Å². The Labute approximate surface area is 156 Å². The molecule has 0 radical (unpaired) electrons. The van der Waals surface area contributed by atoms with E-state index in [1.165, 1.54) is 7.11 Å². The molecular formula is C19H23N5O3. The Morgan fingerprint density at radius 1 is 1.26 bits per heavy atom. The van der Waals surface area contributed by atoms with E-state index in [9.17, 15) is 9.59 Å². The van der Waals surface area contributed by atoms with Crippen LogP contribution in [0.1, 0.15) is 24.2 Å². The summed E-state index contributed by atoms with van der Waals surface area (Å²) in [5.41, 5.74) is 8.69. The molecule has 8 heteroatoms. The van der Waals surface area contributed by atoms with Crippen molar-refractivity contribution >= 4 is 28.5 Å². The van der Waals surface area contributed by atoms with E-state index >= 15 is 0 Å². The number of methoxy groups -OCH3 is 1. The molecule has 8 nitrogen and oxygen atoms in total. The molecular weight excluding hydrogens is 346 g/mol. The molecule has 0 saturated carbocycles. The van der Waals surface area contributed by atoms with Crippen molar-refractivity contribution in [3.05, 3.63) is 30.0 Å². The maximum Gasteiger partial charge on any atom is 0.254 e. The summed E-state index contributed by atoms with van der Waals surface area (Å²) in [4.78, 5) is 28.3. The van der Waals surface area contributed by atoms with Gasteiger partial charge in [0, 0.05) is 31.9 Å². The number of imidazole rings is 1. The molecule has 0 aliphatic carbocycles. The van der Waals surface area contributed by atoms with Crippen LogP contribution in [0.3, 0.4) is 0 Å². The SMILES string of the molecule is COc1c(C(N)=O)cn(C)c1-c1nc2cc(NC(=O)C(C)C)ccc2n1C. The number of nitrogens with one attached hydrogen (secondary N) is 1. The van der Waals surface area contributed by atoms with Crippen LogP contribution in [0.4, 0.5) is 5.69 Å². The molecule has 2 heterocycles. The second-order valence-electron chi connectivity index (χ2n) is 6.74. The zero-order valence-corrected chi connectivity index (χ0v) is 16.0. The average molecular weight is 369 g/mol. The number of nitrogens with two attached hydrogens (primary N) is 1. The van der Waals surface area contributed by atoms with Crippen molar-refractivity contribution in [2.45, 2.75) is 13.8 Å². The highest BCUT2D eigenvalue weighted by Gasteiger charge is 2.24. The van der Waals surface area contributed by atoms with Gasteiger partial charge in [0.05, 0.1) is 23.7 Å². The van der Waals surface area contributed by atoms with Crippen molar-refractivity contribution in [1.29, 1.82) is 0 Å². The fourth-order valence-corrected chi connectivity index (χ4v) is 3.02. The maximum atomic E-state index is 11.9. The second-order valence-corrected chi connectivity index (χ2v) is 6.74. The van der Waals surface area contributed by atoms with Gasteiger partial charge in [0.15, 0.2) is 11.6 Å². The third-order valence-electron chi connectivity index (χ3n) is 4.49. The Kier molecular flexibility index (Phi) is 4.65. The van der Waals surface area contributed by atoms with Gasteiger partial charge in [0.1, 0.15) is 5.69 Å². The van der Waals surface area contributed by atoms with Gasteiger partial charge in [0.25, 0.3) is 5.91 Å². The highest BCUT2D eigenvalue weighted by molar-refractivity contribution is 5.99. The summed E-state index contributed by atoms with van der Waals surface area (Å²) in [5, 5.41) is 2.88. The number of benzene rings is 1. The van der Waals surface area contributed by atoms with Crippen LogP contribution < -0.4 is 15.8 Å². The lowest BCUT2D eigenvalue weighted by atomic mass is 10.2. The number of nitrogens with zero attached hydrogens (tertiary/aromatic N) is 3. The van der Waals surface area contributed by atoms with Crippen LogP contribution in [0.5, 0.6) is 5.75 Å². The Bertz CT molecular complexity index is 1050. The number of aryl methyl sites for hydroxylation is 2. The van der Waals surface area contributed by atoms with Gasteiger partial charge in [-0.25, -0.2) is 4.98 Å². The number of fused-ring (bicyclic) bond motifs is 1. The Hall–Kier alpha value is -3.29. The van der Waals surface area contributed by atoms with E-state index in [0.717, 1.165) is 11.0 Å². The number of aromatic nitrogens is 3. The van der Waals surface area contributed by atoms with E-state index in [1.807, 2.05) is 43.7 Å². The molecule has 0 aliphatic rings. The summed E-state index contributed by atoms with van der Waals surface area (Å²) in [6.45, 7) is 3.68. The Balaban J connectivity index is 2.13. The van der Waals surface area contributed by atoms with Gasteiger partial charge in [-0.3, -0.25) is 9.59 Å². The van der Waals surface area contributed by atoms with Crippen molar-refractivity contribution in [2.24, 2.45) is 25.7 Å². The lowest BCUT2D eigenvalue weighted by Crippen LogP contribution is -2.17. The van der Waals surface area contributed by atoms with E-state index in [0.29, 0.717) is 28.5 Å². The third-order valence-corrected chi connectivity index (χ3v) is 4.49. The van der Waals surface area contributed by atoms with Gasteiger partial charge in [-0.15, -0.1) is 0 Å². The molecule has 3 N–H and O–H groups in total. The van der Waals surface area contributed by atoms with Gasteiger partial charge < -0.3 is 24.9 Å². The predicted molar refractivity (Wildman–Crippen MR) is 104 cm³/mol. The van der Waals surface area contributed by atoms with E-state index in [2.05, 4.69) is 5.32 Å². The first-order chi connectivity index (χ1) is 12.7. The van der Waals surface area contributed by atoms with Crippen molar-refractivity contribution in [1.82, 2.24) is 14.1 Å². The molecule has 1 aromatic carbocycles. The average Bonchev–Trinajstić information content (AvgIpc) is 3.11. The summed E-state index contributed by atoms with van der Waals surface area (Å²) in [5.74, 6) is 0.285. The van der Waals surface area contributed by atoms with E-state index < -0.39 is 5.91 Å². The molecule has 2 aromatic heterocycles. The summed E-state index contributed by atoms with van der Waals surface area (Å²) in [6, 6.07) is 5.56. The molecule has 0 bridgehead atoms. The van der Waals surface area contributed by atoms with Crippen LogP contribution in [-0.2, 0) is 18.9 Å². The normalized spacial score (nSPS) is 11.2. The largest absolute Gasteiger partial charge is 0.494 e. The minimum Gasteiger partial charge on any atom is -0.494 e. The lowest BCUT2D eigenvalue weighted by Gasteiger charge is -2.08. The van der Waals surface area contributed by atoms with Crippen molar-refractivity contribution in [2.75, 3.05) is 12.4 Å². The molecule has 0 saturated heterocycles. The molecule has 142 valence electrons. The topological polar surface area (TPSA) is 104 Å². The number of rotatable bonds is 5. The van der Waals surface area contributed by atoms with Crippen molar-refractivity contribution in [3.63, 3.8) is 0 Å². The van der Waals surface area contributed by atoms with E-state index in [1.54, 1.807) is 17.8 Å². The Morgan fingerprint density at radius 3 is 2.56 bits per heavy atom. The quantitative estimate of drug-likeness (QED) is 0.720. The van der Waals surface area contributed by atoms with Gasteiger partial charge in [0.2, 0.25) is 5.91 Å². The number of hydrogen-bond donors (Lipinski definition) is 2. The number of carbonyl (C=O) groups excluding carboxylic acids is 2. The standard InChI is InChI=1S/C19H23N5O3/c1-10(2)19(26)21-11-6-7-14-13(8-11)22-18(24(14)4)15-16(27-5)12(17(20)25)9-23(15)3/h6-10H,1-5H3,(H2,20,25)(H,21,26). The summed E-state index contributed by atoms with van der Waals surface area (Å²) >= 11 is 0. The van der Waals surface area contributed by atoms with Crippen LogP contribution in [0.2, 0.25) is 0 Å². The summed E-state index contributed by atoms with van der Waals surface area (Å²) in [6.07, 6.45) is 1.63. The van der Waals surface area contributed by atoms with Crippen LogP contribution in [0.15, 0.2) is 24.4 Å². The van der Waals surface area contributed by atoms with Gasteiger partial charge >= 0.3 is 0 Å². The van der Waals surface area contributed by atoms with Crippen LogP contribution >= 0.6 is 0 Å². The molecule has 0 aliphatic heterocycles. The minimum absolute atomic E-state index is 0.0549. The van der Waals surface area contributed by atoms with Crippen LogP contribution in [0.25, 0.3) is 22.6 Å². The first kappa shape index (κ1) is 18.5. The molecule has 0 unspecified atom stereocenters. The fraction of sp³-hybridized carbons (Fsp3) is 0.316. The lowest BCUT2D eigenvalue weighted by molar-refractivity contribution is -0.118. The van der Waals surface area contributed by atoms with E-state index in [4.69, 9.17) is 15.5 Å². The highest BCUT2D eigenvalue weighted by Crippen LogP contribution is 2.35. The smallest absolute Gasteiger partial charge is 0.254 e. The molecule has 3 aromatic rings. The zero-order valence-electron chi connectivity index (χ0n) is 16.0. The number of primary amides is 1.